The van der Waals surface area contributed by atoms with Crippen LogP contribution in [0, 0.1) is 0 Å². The summed E-state index contributed by atoms with van der Waals surface area (Å²) in [6.07, 6.45) is 0.554. The highest BCUT2D eigenvalue weighted by atomic mass is 35.5. The van der Waals surface area contributed by atoms with E-state index in [1.165, 1.54) is 14.2 Å². The zero-order chi connectivity index (χ0) is 13.7. The van der Waals surface area contributed by atoms with Gasteiger partial charge in [0.15, 0.2) is 0 Å². The Morgan fingerprint density at radius 1 is 1.39 bits per heavy atom. The maximum absolute atomic E-state index is 11.7. The van der Waals surface area contributed by atoms with Crippen LogP contribution in [-0.2, 0) is 4.79 Å². The fourth-order valence-corrected chi connectivity index (χ4v) is 1.60. The molecule has 3 N–H and O–H groups in total. The summed E-state index contributed by atoms with van der Waals surface area (Å²) in [7, 11) is 2.99. The van der Waals surface area contributed by atoms with Crippen LogP contribution in [0.3, 0.4) is 0 Å². The number of methoxy groups -OCH3 is 2. The molecule has 1 aromatic rings. The summed E-state index contributed by atoms with van der Waals surface area (Å²) in [5.74, 6) is 0.635. The highest BCUT2D eigenvalue weighted by Gasteiger charge is 2.15. The third-order valence-corrected chi connectivity index (χ3v) is 2.80. The van der Waals surface area contributed by atoms with Crippen LogP contribution in [0.15, 0.2) is 12.1 Å². The van der Waals surface area contributed by atoms with E-state index in [1.807, 2.05) is 6.92 Å². The Bertz CT molecular complexity index is 438. The summed E-state index contributed by atoms with van der Waals surface area (Å²) in [5, 5.41) is 3.10. The molecule has 5 nitrogen and oxygen atoms in total. The topological polar surface area (TPSA) is 73.6 Å². The van der Waals surface area contributed by atoms with Gasteiger partial charge in [-0.25, -0.2) is 0 Å². The molecule has 0 bridgehead atoms. The maximum Gasteiger partial charge on any atom is 0.241 e. The lowest BCUT2D eigenvalue weighted by molar-refractivity contribution is -0.117. The normalized spacial score (nSPS) is 11.8. The number of ether oxygens (including phenoxy) is 2. The van der Waals surface area contributed by atoms with Crippen molar-refractivity contribution in [1.29, 1.82) is 0 Å². The van der Waals surface area contributed by atoms with Gasteiger partial charge in [-0.05, 0) is 6.42 Å². The molecule has 0 aliphatic rings. The zero-order valence-electron chi connectivity index (χ0n) is 10.6. The molecule has 1 atom stereocenters. The summed E-state index contributed by atoms with van der Waals surface area (Å²) in [6, 6.07) is 2.62. The molecule has 0 fully saturated rings. The molecular formula is C12H17ClN2O3. The summed E-state index contributed by atoms with van der Waals surface area (Å²) >= 11 is 5.96. The molecular weight excluding hydrogens is 256 g/mol. The van der Waals surface area contributed by atoms with Crippen LogP contribution >= 0.6 is 11.6 Å². The lowest BCUT2D eigenvalue weighted by Crippen LogP contribution is -2.34. The minimum Gasteiger partial charge on any atom is -0.495 e. The van der Waals surface area contributed by atoms with Gasteiger partial charge in [-0.2, -0.15) is 0 Å². The van der Waals surface area contributed by atoms with Gasteiger partial charge in [0.1, 0.15) is 11.5 Å². The van der Waals surface area contributed by atoms with Crippen molar-refractivity contribution < 1.29 is 14.3 Å². The van der Waals surface area contributed by atoms with Crippen molar-refractivity contribution in [2.75, 3.05) is 19.5 Å². The monoisotopic (exact) mass is 272 g/mol. The number of anilines is 1. The molecule has 0 spiro atoms. The van der Waals surface area contributed by atoms with Gasteiger partial charge in [0.25, 0.3) is 0 Å². The van der Waals surface area contributed by atoms with Crippen molar-refractivity contribution in [3.63, 3.8) is 0 Å². The molecule has 0 saturated carbocycles. The van der Waals surface area contributed by atoms with Crippen LogP contribution < -0.4 is 20.5 Å². The van der Waals surface area contributed by atoms with E-state index in [2.05, 4.69) is 5.32 Å². The first kappa shape index (κ1) is 14.6. The van der Waals surface area contributed by atoms with Crippen molar-refractivity contribution in [1.82, 2.24) is 0 Å². The minimum absolute atomic E-state index is 0.278. The van der Waals surface area contributed by atoms with E-state index in [-0.39, 0.29) is 5.91 Å². The molecule has 0 aromatic heterocycles. The van der Waals surface area contributed by atoms with Gasteiger partial charge in [-0.3, -0.25) is 4.79 Å². The quantitative estimate of drug-likeness (QED) is 0.860. The number of amides is 1. The minimum atomic E-state index is -0.559. The lowest BCUT2D eigenvalue weighted by Gasteiger charge is -2.15. The van der Waals surface area contributed by atoms with Gasteiger partial charge >= 0.3 is 0 Å². The fraction of sp³-hybridized carbons (Fsp3) is 0.417. The molecule has 18 heavy (non-hydrogen) atoms. The van der Waals surface area contributed by atoms with E-state index in [0.29, 0.717) is 28.6 Å². The van der Waals surface area contributed by atoms with Crippen LogP contribution in [0.4, 0.5) is 5.69 Å². The second-order valence-electron chi connectivity index (χ2n) is 3.69. The van der Waals surface area contributed by atoms with Crippen molar-refractivity contribution in [2.45, 2.75) is 19.4 Å². The Labute approximate surface area is 111 Å². The van der Waals surface area contributed by atoms with Crippen molar-refractivity contribution in [3.05, 3.63) is 17.2 Å². The summed E-state index contributed by atoms with van der Waals surface area (Å²) in [6.45, 7) is 1.84. The van der Waals surface area contributed by atoms with Gasteiger partial charge in [0, 0.05) is 12.1 Å². The Hall–Kier alpha value is -1.46. The van der Waals surface area contributed by atoms with E-state index >= 15 is 0 Å². The van der Waals surface area contributed by atoms with Crippen LogP contribution in [0.1, 0.15) is 13.3 Å². The predicted molar refractivity (Wildman–Crippen MR) is 71.5 cm³/mol. The number of carbonyl (C=O) groups excluding carboxylic acids is 1. The summed E-state index contributed by atoms with van der Waals surface area (Å²) in [5.41, 5.74) is 6.13. The van der Waals surface area contributed by atoms with E-state index in [1.54, 1.807) is 12.1 Å². The summed E-state index contributed by atoms with van der Waals surface area (Å²) < 4.78 is 10.2. The molecule has 100 valence electrons. The van der Waals surface area contributed by atoms with E-state index in [4.69, 9.17) is 26.8 Å². The number of nitrogens with one attached hydrogen (secondary N) is 1. The van der Waals surface area contributed by atoms with Crippen molar-refractivity contribution >= 4 is 23.2 Å². The van der Waals surface area contributed by atoms with Crippen molar-refractivity contribution in [2.24, 2.45) is 5.73 Å². The molecule has 1 unspecified atom stereocenters. The Kier molecular flexibility index (Phi) is 5.25. The number of benzene rings is 1. The SMILES string of the molecule is CCC(N)C(=O)Nc1cc(OC)c(Cl)cc1OC. The zero-order valence-corrected chi connectivity index (χ0v) is 11.4. The van der Waals surface area contributed by atoms with Gasteiger partial charge in [-0.1, -0.05) is 18.5 Å². The maximum atomic E-state index is 11.7. The average Bonchev–Trinajstić information content (AvgIpc) is 2.38. The summed E-state index contributed by atoms with van der Waals surface area (Å²) in [4.78, 5) is 11.7. The first-order valence-electron chi connectivity index (χ1n) is 5.51. The number of carbonyl (C=O) groups is 1. The van der Waals surface area contributed by atoms with Crippen molar-refractivity contribution in [3.8, 4) is 11.5 Å². The van der Waals surface area contributed by atoms with Crippen LogP contribution in [0.5, 0.6) is 11.5 Å². The second-order valence-corrected chi connectivity index (χ2v) is 4.10. The number of hydrogen-bond acceptors (Lipinski definition) is 4. The predicted octanol–water partition coefficient (Wildman–Crippen LogP) is 2.03. The van der Waals surface area contributed by atoms with Crippen LogP contribution in [0.2, 0.25) is 5.02 Å². The Morgan fingerprint density at radius 3 is 2.50 bits per heavy atom. The van der Waals surface area contributed by atoms with Crippen LogP contribution in [-0.4, -0.2) is 26.2 Å². The number of rotatable bonds is 5. The second kappa shape index (κ2) is 6.47. The molecule has 0 aliphatic carbocycles. The number of hydrogen-bond donors (Lipinski definition) is 2. The first-order valence-corrected chi connectivity index (χ1v) is 5.89. The van der Waals surface area contributed by atoms with E-state index in [9.17, 15) is 4.79 Å². The number of nitrogens with two attached hydrogens (primary N) is 1. The highest BCUT2D eigenvalue weighted by molar-refractivity contribution is 6.32. The standard InChI is InChI=1S/C12H17ClN2O3/c1-4-8(14)12(16)15-9-6-10(17-2)7(13)5-11(9)18-3/h5-6,8H,4,14H2,1-3H3,(H,15,16). The van der Waals surface area contributed by atoms with Gasteiger partial charge in [0.05, 0.1) is 31.0 Å². The van der Waals surface area contributed by atoms with E-state index in [0.717, 1.165) is 0 Å². The Balaban J connectivity index is 3.03. The highest BCUT2D eigenvalue weighted by Crippen LogP contribution is 2.35. The van der Waals surface area contributed by atoms with Gasteiger partial charge < -0.3 is 20.5 Å². The largest absolute Gasteiger partial charge is 0.495 e. The van der Waals surface area contributed by atoms with Crippen LogP contribution in [0.25, 0.3) is 0 Å². The molecule has 6 heteroatoms. The lowest BCUT2D eigenvalue weighted by atomic mass is 10.2. The molecule has 1 rings (SSSR count). The molecule has 0 aliphatic heterocycles. The molecule has 0 heterocycles. The van der Waals surface area contributed by atoms with E-state index < -0.39 is 6.04 Å². The Morgan fingerprint density at radius 2 is 2.00 bits per heavy atom. The number of halogens is 1. The third kappa shape index (κ3) is 3.27. The smallest absolute Gasteiger partial charge is 0.241 e. The molecule has 0 radical (unpaired) electrons. The molecule has 0 saturated heterocycles. The first-order chi connectivity index (χ1) is 8.53. The molecule has 1 amide bonds. The van der Waals surface area contributed by atoms with Gasteiger partial charge in [0.2, 0.25) is 5.91 Å². The fourth-order valence-electron chi connectivity index (χ4n) is 1.37. The molecule has 1 aromatic carbocycles. The third-order valence-electron chi connectivity index (χ3n) is 2.51. The average molecular weight is 273 g/mol. The van der Waals surface area contributed by atoms with Gasteiger partial charge in [-0.15, -0.1) is 0 Å².